The van der Waals surface area contributed by atoms with E-state index in [1.54, 1.807) is 0 Å². The van der Waals surface area contributed by atoms with E-state index in [1.165, 1.54) is 22.2 Å². The zero-order valence-electron chi connectivity index (χ0n) is 9.89. The summed E-state index contributed by atoms with van der Waals surface area (Å²) in [4.78, 5) is 3.32. The second-order valence-electron chi connectivity index (χ2n) is 4.44. The molecule has 0 aliphatic rings. The van der Waals surface area contributed by atoms with Crippen molar-refractivity contribution >= 4 is 22.5 Å². The van der Waals surface area contributed by atoms with Crippen molar-refractivity contribution in [3.63, 3.8) is 0 Å². The molecule has 86 valence electrons. The monoisotopic (exact) mass is 236 g/mol. The Kier molecular flexibility index (Phi) is 2.96. The Labute approximate surface area is 101 Å². The Balaban J connectivity index is 2.70. The third kappa shape index (κ3) is 1.72. The third-order valence-electron chi connectivity index (χ3n) is 3.31. The maximum Gasteiger partial charge on any atom is 0.0650 e. The first-order chi connectivity index (χ1) is 7.54. The first kappa shape index (κ1) is 11.5. The van der Waals surface area contributed by atoms with Gasteiger partial charge in [0.25, 0.3) is 0 Å². The number of fused-ring (bicyclic) bond motifs is 1. The second-order valence-corrected chi connectivity index (χ2v) is 4.84. The fraction of sp³-hybridized carbons (Fsp3) is 0.385. The minimum Gasteiger partial charge on any atom is -0.357 e. The SMILES string of the molecule is Cc1[nH]c2c(Cl)cc(C(C)CN)cc2c1C. The van der Waals surface area contributed by atoms with E-state index >= 15 is 0 Å². The molecule has 0 aliphatic carbocycles. The van der Waals surface area contributed by atoms with E-state index in [0.29, 0.717) is 12.5 Å². The van der Waals surface area contributed by atoms with Crippen LogP contribution >= 0.6 is 11.6 Å². The number of hydrogen-bond acceptors (Lipinski definition) is 1. The molecule has 3 N–H and O–H groups in total. The van der Waals surface area contributed by atoms with Crippen LogP contribution in [0.25, 0.3) is 10.9 Å². The van der Waals surface area contributed by atoms with Gasteiger partial charge in [-0.05, 0) is 49.6 Å². The minimum atomic E-state index is 0.344. The van der Waals surface area contributed by atoms with Crippen LogP contribution in [0.1, 0.15) is 29.7 Å². The third-order valence-corrected chi connectivity index (χ3v) is 3.61. The van der Waals surface area contributed by atoms with Crippen LogP contribution in [0.2, 0.25) is 5.02 Å². The number of nitrogens with two attached hydrogens (primary N) is 1. The minimum absolute atomic E-state index is 0.344. The molecule has 1 aromatic heterocycles. The molecular formula is C13H17ClN2. The summed E-state index contributed by atoms with van der Waals surface area (Å²) in [6, 6.07) is 4.20. The number of H-pyrrole nitrogens is 1. The van der Waals surface area contributed by atoms with Gasteiger partial charge in [0.15, 0.2) is 0 Å². The first-order valence-electron chi connectivity index (χ1n) is 5.53. The predicted octanol–water partition coefficient (Wildman–Crippen LogP) is 3.50. The molecule has 0 bridgehead atoms. The molecule has 3 heteroatoms. The van der Waals surface area contributed by atoms with E-state index < -0.39 is 0 Å². The molecular weight excluding hydrogens is 220 g/mol. The van der Waals surface area contributed by atoms with Crippen molar-refractivity contribution < 1.29 is 0 Å². The topological polar surface area (TPSA) is 41.8 Å². The molecule has 0 fully saturated rings. The lowest BCUT2D eigenvalue weighted by molar-refractivity contribution is 0.775. The maximum absolute atomic E-state index is 6.28. The van der Waals surface area contributed by atoms with E-state index in [4.69, 9.17) is 17.3 Å². The molecule has 1 heterocycles. The number of halogens is 1. The largest absolute Gasteiger partial charge is 0.357 e. The summed E-state index contributed by atoms with van der Waals surface area (Å²) in [5.41, 5.74) is 10.4. The maximum atomic E-state index is 6.28. The molecule has 0 amide bonds. The molecule has 2 nitrogen and oxygen atoms in total. The molecule has 1 atom stereocenters. The summed E-state index contributed by atoms with van der Waals surface area (Å²) < 4.78 is 0. The Morgan fingerprint density at radius 2 is 2.06 bits per heavy atom. The Bertz CT molecular complexity index is 528. The lowest BCUT2D eigenvalue weighted by atomic mass is 9.99. The van der Waals surface area contributed by atoms with Gasteiger partial charge in [0, 0.05) is 11.1 Å². The van der Waals surface area contributed by atoms with Gasteiger partial charge in [0.2, 0.25) is 0 Å². The van der Waals surface area contributed by atoms with Crippen molar-refractivity contribution in [2.45, 2.75) is 26.7 Å². The molecule has 16 heavy (non-hydrogen) atoms. The highest BCUT2D eigenvalue weighted by atomic mass is 35.5. The van der Waals surface area contributed by atoms with Gasteiger partial charge in [-0.1, -0.05) is 18.5 Å². The fourth-order valence-electron chi connectivity index (χ4n) is 1.95. The molecule has 0 saturated carbocycles. The van der Waals surface area contributed by atoms with Crippen LogP contribution in [0.5, 0.6) is 0 Å². The zero-order chi connectivity index (χ0) is 11.9. The number of nitrogens with one attached hydrogen (secondary N) is 1. The van der Waals surface area contributed by atoms with Crippen LogP contribution < -0.4 is 5.73 Å². The summed E-state index contributed by atoms with van der Waals surface area (Å²) in [6.07, 6.45) is 0. The molecule has 2 rings (SSSR count). The van der Waals surface area contributed by atoms with Gasteiger partial charge in [0.1, 0.15) is 0 Å². The van der Waals surface area contributed by atoms with Gasteiger partial charge in [-0.25, -0.2) is 0 Å². The Morgan fingerprint density at radius 1 is 1.38 bits per heavy atom. The number of hydrogen-bond donors (Lipinski definition) is 2. The highest BCUT2D eigenvalue weighted by Crippen LogP contribution is 2.31. The van der Waals surface area contributed by atoms with E-state index in [1.807, 2.05) is 6.07 Å². The molecule has 1 aromatic carbocycles. The van der Waals surface area contributed by atoms with E-state index in [-0.39, 0.29) is 0 Å². The summed E-state index contributed by atoms with van der Waals surface area (Å²) >= 11 is 6.28. The molecule has 2 aromatic rings. The van der Waals surface area contributed by atoms with Crippen molar-refractivity contribution in [2.24, 2.45) is 5.73 Å². The van der Waals surface area contributed by atoms with Crippen molar-refractivity contribution in [3.05, 3.63) is 34.0 Å². The standard InChI is InChI=1S/C13H17ClN2/c1-7(6-15)10-4-11-8(2)9(3)16-13(11)12(14)5-10/h4-5,7,16H,6,15H2,1-3H3. The van der Waals surface area contributed by atoms with Crippen LogP contribution in [0.15, 0.2) is 12.1 Å². The van der Waals surface area contributed by atoms with Crippen molar-refractivity contribution in [2.75, 3.05) is 6.54 Å². The smallest absolute Gasteiger partial charge is 0.0650 e. The predicted molar refractivity (Wildman–Crippen MR) is 70.3 cm³/mol. The number of aromatic nitrogens is 1. The normalized spacial score (nSPS) is 13.3. The second kappa shape index (κ2) is 4.11. The van der Waals surface area contributed by atoms with Gasteiger partial charge in [-0.15, -0.1) is 0 Å². The molecule has 1 unspecified atom stereocenters. The average molecular weight is 237 g/mol. The average Bonchev–Trinajstić information content (AvgIpc) is 2.56. The van der Waals surface area contributed by atoms with Crippen LogP contribution in [0.4, 0.5) is 0 Å². The van der Waals surface area contributed by atoms with Crippen LogP contribution in [-0.2, 0) is 0 Å². The van der Waals surface area contributed by atoms with Crippen molar-refractivity contribution in [1.82, 2.24) is 4.98 Å². The van der Waals surface area contributed by atoms with Crippen LogP contribution in [0.3, 0.4) is 0 Å². The van der Waals surface area contributed by atoms with Gasteiger partial charge in [-0.2, -0.15) is 0 Å². The number of benzene rings is 1. The van der Waals surface area contributed by atoms with Gasteiger partial charge in [-0.3, -0.25) is 0 Å². The van der Waals surface area contributed by atoms with E-state index in [9.17, 15) is 0 Å². The van der Waals surface area contributed by atoms with Gasteiger partial charge in [0.05, 0.1) is 10.5 Å². The Hall–Kier alpha value is -0.990. The highest BCUT2D eigenvalue weighted by molar-refractivity contribution is 6.35. The number of aromatic amines is 1. The molecule has 0 aliphatic heterocycles. The molecule has 0 saturated heterocycles. The van der Waals surface area contributed by atoms with Gasteiger partial charge < -0.3 is 10.7 Å². The Morgan fingerprint density at radius 3 is 2.69 bits per heavy atom. The first-order valence-corrected chi connectivity index (χ1v) is 5.90. The zero-order valence-corrected chi connectivity index (χ0v) is 10.7. The lowest BCUT2D eigenvalue weighted by Crippen LogP contribution is -2.08. The van der Waals surface area contributed by atoms with Crippen LogP contribution in [-0.4, -0.2) is 11.5 Å². The summed E-state index contributed by atoms with van der Waals surface area (Å²) in [5, 5.41) is 1.99. The number of rotatable bonds is 2. The quantitative estimate of drug-likeness (QED) is 0.824. The van der Waals surface area contributed by atoms with Crippen molar-refractivity contribution in [3.8, 4) is 0 Å². The summed E-state index contributed by atoms with van der Waals surface area (Å²) in [7, 11) is 0. The molecule has 0 spiro atoms. The molecule has 0 radical (unpaired) electrons. The number of aryl methyl sites for hydroxylation is 2. The highest BCUT2D eigenvalue weighted by Gasteiger charge is 2.11. The lowest BCUT2D eigenvalue weighted by Gasteiger charge is -2.10. The summed E-state index contributed by atoms with van der Waals surface area (Å²) in [5.74, 6) is 0.344. The van der Waals surface area contributed by atoms with E-state index in [2.05, 4.69) is 31.8 Å². The fourth-order valence-corrected chi connectivity index (χ4v) is 2.23. The van der Waals surface area contributed by atoms with Crippen molar-refractivity contribution in [1.29, 1.82) is 0 Å². The van der Waals surface area contributed by atoms with E-state index in [0.717, 1.165) is 10.5 Å². The van der Waals surface area contributed by atoms with Crippen LogP contribution in [0, 0.1) is 13.8 Å². The summed E-state index contributed by atoms with van der Waals surface area (Å²) in [6.45, 7) is 6.94. The van der Waals surface area contributed by atoms with Gasteiger partial charge >= 0.3 is 0 Å².